The minimum atomic E-state index is -1.55. The number of hydrogen-bond donors (Lipinski definition) is 5. The summed E-state index contributed by atoms with van der Waals surface area (Å²) in [4.78, 5) is 109. The van der Waals surface area contributed by atoms with Crippen LogP contribution in [0.2, 0.25) is 0 Å². The number of carboxylic acids is 1. The van der Waals surface area contributed by atoms with Crippen molar-refractivity contribution in [3.05, 3.63) is 47.5 Å². The number of amides is 5. The monoisotopic (exact) mass is 968 g/mol. The van der Waals surface area contributed by atoms with Gasteiger partial charge >= 0.3 is 24.4 Å². The Kier molecular flexibility index (Phi) is 20.9. The molecule has 5 N–H and O–H groups in total. The van der Waals surface area contributed by atoms with Gasteiger partial charge in [0, 0.05) is 37.6 Å². The molecule has 2 aromatic rings. The van der Waals surface area contributed by atoms with Crippen LogP contribution >= 0.6 is 0 Å². The highest BCUT2D eigenvalue weighted by Gasteiger charge is 2.36. The molecule has 0 spiro atoms. The van der Waals surface area contributed by atoms with Crippen molar-refractivity contribution in [3.8, 4) is 22.6 Å². The van der Waals surface area contributed by atoms with E-state index < -0.39 is 83.1 Å². The number of fused-ring (bicyclic) bond motifs is 5. The maximum Gasteiger partial charge on any atom is 0.514 e. The summed E-state index contributed by atoms with van der Waals surface area (Å²) >= 11 is 0. The van der Waals surface area contributed by atoms with Gasteiger partial charge in [-0.3, -0.25) is 19.2 Å². The van der Waals surface area contributed by atoms with Crippen LogP contribution in [0.3, 0.4) is 0 Å². The number of ether oxygens (including phenoxy) is 5. The zero-order chi connectivity index (χ0) is 51.9. The third-order valence-corrected chi connectivity index (χ3v) is 10.3. The van der Waals surface area contributed by atoms with E-state index in [1.54, 1.807) is 62.3 Å². The molecule has 5 amide bonds. The van der Waals surface area contributed by atoms with Crippen LogP contribution in [0.5, 0.6) is 11.5 Å². The Morgan fingerprint density at radius 1 is 0.739 bits per heavy atom. The molecule has 0 radical (unpaired) electrons. The van der Waals surface area contributed by atoms with Crippen molar-refractivity contribution in [2.45, 2.75) is 181 Å². The van der Waals surface area contributed by atoms with Crippen LogP contribution in [0.25, 0.3) is 11.1 Å². The third-order valence-electron chi connectivity index (χ3n) is 10.3. The highest BCUT2D eigenvalue weighted by molar-refractivity contribution is 5.96. The Morgan fingerprint density at radius 2 is 1.30 bits per heavy atom. The van der Waals surface area contributed by atoms with E-state index in [0.717, 1.165) is 30.6 Å². The molecule has 0 saturated heterocycles. The van der Waals surface area contributed by atoms with E-state index in [2.05, 4.69) is 28.2 Å². The van der Waals surface area contributed by atoms with Gasteiger partial charge in [0.25, 0.3) is 0 Å². The second-order valence-electron chi connectivity index (χ2n) is 20.1. The van der Waals surface area contributed by atoms with E-state index in [-0.39, 0.29) is 59.9 Å². The molecule has 4 atom stereocenters. The zero-order valence-electron chi connectivity index (χ0n) is 42.3. The Bertz CT molecular complexity index is 2160. The first-order valence-corrected chi connectivity index (χ1v) is 23.5. The van der Waals surface area contributed by atoms with Gasteiger partial charge in [-0.1, -0.05) is 44.7 Å². The largest absolute Gasteiger partial charge is 0.514 e. The average Bonchev–Trinajstić information content (AvgIpc) is 3.21. The maximum absolute atomic E-state index is 14.8. The van der Waals surface area contributed by atoms with Gasteiger partial charge in [-0.2, -0.15) is 0 Å². The molecule has 0 unspecified atom stereocenters. The van der Waals surface area contributed by atoms with Gasteiger partial charge in [0.05, 0.1) is 0 Å². The van der Waals surface area contributed by atoms with Gasteiger partial charge in [0.2, 0.25) is 23.6 Å². The number of hydrogen-bond acceptors (Lipinski definition) is 13. The summed E-state index contributed by atoms with van der Waals surface area (Å²) < 4.78 is 27.7. The highest BCUT2D eigenvalue weighted by Crippen LogP contribution is 2.41. The molecule has 0 fully saturated rings. The lowest BCUT2D eigenvalue weighted by Gasteiger charge is -2.32. The summed E-state index contributed by atoms with van der Waals surface area (Å²) in [6.07, 6.45) is 2.35. The summed E-state index contributed by atoms with van der Waals surface area (Å²) in [6, 6.07) is 3.04. The third kappa shape index (κ3) is 19.6. The van der Waals surface area contributed by atoms with Gasteiger partial charge in [-0.25, -0.2) is 19.2 Å². The van der Waals surface area contributed by atoms with E-state index in [0.29, 0.717) is 24.8 Å². The lowest BCUT2D eigenvalue weighted by molar-refractivity contribution is -0.144. The number of rotatable bonds is 17. The van der Waals surface area contributed by atoms with Crippen molar-refractivity contribution >= 4 is 48.0 Å². The van der Waals surface area contributed by atoms with E-state index >= 15 is 0 Å². The summed E-state index contributed by atoms with van der Waals surface area (Å²) in [5.74, 6) is -4.41. The Morgan fingerprint density at radius 3 is 1.87 bits per heavy atom. The van der Waals surface area contributed by atoms with Gasteiger partial charge in [-0.15, -0.1) is 0 Å². The molecule has 2 aromatic carbocycles. The highest BCUT2D eigenvalue weighted by atomic mass is 16.7. The van der Waals surface area contributed by atoms with Gasteiger partial charge < -0.3 is 55.0 Å². The minimum Gasteiger partial charge on any atom is -0.480 e. The van der Waals surface area contributed by atoms with Gasteiger partial charge in [0.15, 0.2) is 0 Å². The van der Waals surface area contributed by atoms with Crippen molar-refractivity contribution in [1.82, 2.24) is 26.2 Å². The zero-order valence-corrected chi connectivity index (χ0v) is 42.3. The summed E-state index contributed by atoms with van der Waals surface area (Å²) in [5, 5.41) is 20.9. The Labute approximate surface area is 405 Å². The number of nitrogens with zero attached hydrogens (tertiary/aromatic N) is 1. The van der Waals surface area contributed by atoms with Crippen LogP contribution in [0.4, 0.5) is 14.4 Å². The van der Waals surface area contributed by atoms with Gasteiger partial charge in [-0.05, 0) is 130 Å². The molecule has 0 saturated carbocycles. The van der Waals surface area contributed by atoms with E-state index in [1.807, 2.05) is 0 Å². The molecule has 0 aliphatic carbocycles. The standard InChI is InChI=1S/C50H73N5O14/c1-13-14-15-16-17-21-39(56)53-35(20-18-19-26-51-45(62)67-48(3,4)5)43(59)55(12)40-32-23-25-38(66-47(64)69-50(9,10)11)34(29-32)33-27-31(22-24-37(33)65-46(63)68-49(6,7)8)28-36(44(60)61)54-41(57)30(2)52-42(40)58/h22-25,27,29-30,35-36,40H,13-21,26,28H2,1-12H3,(H,51,62)(H,52,58)(H,53,56)(H,54,57)(H,60,61)/t30-,35-,36-,40-/m0/s1. The molecule has 19 heteroatoms. The topological polar surface area (TPSA) is 254 Å². The predicted molar refractivity (Wildman–Crippen MR) is 255 cm³/mol. The molecule has 19 nitrogen and oxygen atoms in total. The van der Waals surface area contributed by atoms with Crippen molar-refractivity contribution in [1.29, 1.82) is 0 Å². The molecule has 1 aliphatic rings. The fourth-order valence-corrected chi connectivity index (χ4v) is 7.15. The summed E-state index contributed by atoms with van der Waals surface area (Å²) in [6.45, 7) is 18.7. The molecule has 69 heavy (non-hydrogen) atoms. The molecule has 3 rings (SSSR count). The normalized spacial score (nSPS) is 16.8. The Balaban J connectivity index is 2.25. The fraction of sp³-hybridized carbons (Fsp3) is 0.600. The first-order chi connectivity index (χ1) is 32.1. The van der Waals surface area contributed by atoms with E-state index in [1.165, 1.54) is 50.4 Å². The molecular weight excluding hydrogens is 895 g/mol. The number of unbranched alkanes of at least 4 members (excludes halogenated alkanes) is 5. The second kappa shape index (κ2) is 25.3. The number of aliphatic carboxylic acids is 1. The average molecular weight is 968 g/mol. The number of benzene rings is 2. The first kappa shape index (κ1) is 56.9. The predicted octanol–water partition coefficient (Wildman–Crippen LogP) is 7.65. The van der Waals surface area contributed by atoms with Crippen molar-refractivity contribution < 1.29 is 67.1 Å². The van der Waals surface area contributed by atoms with Crippen molar-refractivity contribution in [3.63, 3.8) is 0 Å². The van der Waals surface area contributed by atoms with E-state index in [9.17, 15) is 43.5 Å². The minimum absolute atomic E-state index is 0.0452. The molecule has 4 bridgehead atoms. The van der Waals surface area contributed by atoms with Crippen LogP contribution in [0.15, 0.2) is 36.4 Å². The van der Waals surface area contributed by atoms with Crippen molar-refractivity contribution in [2.75, 3.05) is 13.6 Å². The molecule has 1 heterocycles. The molecular formula is C50H73N5O14. The molecule has 382 valence electrons. The number of nitrogens with one attached hydrogen (secondary N) is 4. The second-order valence-corrected chi connectivity index (χ2v) is 20.1. The number of carbonyl (C=O) groups is 8. The number of alkyl carbamates (subject to hydrolysis) is 1. The van der Waals surface area contributed by atoms with Gasteiger partial charge in [0.1, 0.15) is 52.5 Å². The Hall–Kier alpha value is -6.40. The number of carboxylic acid groups (broad SMARTS) is 1. The molecule has 0 aromatic heterocycles. The number of carbonyl (C=O) groups excluding carboxylic acids is 7. The van der Waals surface area contributed by atoms with Crippen LogP contribution < -0.4 is 30.7 Å². The lowest BCUT2D eigenvalue weighted by atomic mass is 9.93. The van der Waals surface area contributed by atoms with Crippen LogP contribution in [-0.4, -0.2) is 107 Å². The molecule has 1 aliphatic heterocycles. The maximum atomic E-state index is 14.8. The summed E-state index contributed by atoms with van der Waals surface area (Å²) in [5.41, 5.74) is -2.09. The SMILES string of the molecule is CCCCCCCC(=O)N[C@@H](CCCCNC(=O)OC(C)(C)C)C(=O)N(C)[C@@H]1C(=O)N[C@@H](C)C(=O)N[C@H](C(=O)O)Cc2ccc(OC(=O)OC(C)(C)C)c(c2)-c2cc1ccc2OC(=O)OC(C)(C)C. The quantitative estimate of drug-likeness (QED) is 0.0442. The lowest BCUT2D eigenvalue weighted by Crippen LogP contribution is -2.54. The van der Waals surface area contributed by atoms with E-state index in [4.69, 9.17) is 23.7 Å². The van der Waals surface area contributed by atoms with Crippen LogP contribution in [-0.2, 0) is 44.6 Å². The first-order valence-electron chi connectivity index (χ1n) is 23.5. The van der Waals surface area contributed by atoms with Crippen molar-refractivity contribution in [2.24, 2.45) is 0 Å². The summed E-state index contributed by atoms with van der Waals surface area (Å²) in [7, 11) is 1.36. The fourth-order valence-electron chi connectivity index (χ4n) is 7.15. The smallest absolute Gasteiger partial charge is 0.480 e. The number of likely N-dealkylation sites (N-methyl/N-ethyl adjacent to an activating group) is 1. The van der Waals surface area contributed by atoms with Crippen LogP contribution in [0.1, 0.15) is 151 Å². The van der Waals surface area contributed by atoms with Crippen LogP contribution in [0, 0.1) is 0 Å².